The summed E-state index contributed by atoms with van der Waals surface area (Å²) in [6.45, 7) is 3.92. The molecule has 0 saturated heterocycles. The van der Waals surface area contributed by atoms with Crippen molar-refractivity contribution in [3.05, 3.63) is 0 Å². The zero-order valence-corrected chi connectivity index (χ0v) is 6.54. The molecule has 0 radical (unpaired) electrons. The molecular formula is C7H15NO2. The molecule has 0 aromatic carbocycles. The Morgan fingerprint density at radius 3 is 2.50 bits per heavy atom. The van der Waals surface area contributed by atoms with Crippen molar-refractivity contribution in [2.45, 2.75) is 26.7 Å². The van der Waals surface area contributed by atoms with Gasteiger partial charge >= 0.3 is 0 Å². The minimum Gasteiger partial charge on any atom is -0.411 e. The fourth-order valence-corrected chi connectivity index (χ4v) is 0.895. The molecule has 0 heterocycles. The summed E-state index contributed by atoms with van der Waals surface area (Å²) in [6, 6.07) is 0. The first-order valence-electron chi connectivity index (χ1n) is 3.48. The van der Waals surface area contributed by atoms with Gasteiger partial charge < -0.3 is 10.3 Å². The molecular weight excluding hydrogens is 130 g/mol. The summed E-state index contributed by atoms with van der Waals surface area (Å²) >= 11 is 0. The summed E-state index contributed by atoms with van der Waals surface area (Å²) in [5.41, 5.74) is -0.344. The van der Waals surface area contributed by atoms with Gasteiger partial charge in [0.05, 0.1) is 12.8 Å². The van der Waals surface area contributed by atoms with Crippen LogP contribution in [0.15, 0.2) is 5.16 Å². The maximum Gasteiger partial charge on any atom is 0.0535 e. The first kappa shape index (κ1) is 9.43. The molecule has 0 saturated carbocycles. The third-order valence-electron chi connectivity index (χ3n) is 1.55. The molecule has 0 spiro atoms. The van der Waals surface area contributed by atoms with Crippen molar-refractivity contribution < 1.29 is 10.3 Å². The Bertz CT molecular complexity index is 114. The SMILES string of the molecule is CCCC(C)(C=NO)CO. The molecule has 0 aliphatic carbocycles. The zero-order chi connectivity index (χ0) is 8.04. The number of rotatable bonds is 4. The molecule has 0 aliphatic rings. The van der Waals surface area contributed by atoms with Gasteiger partial charge in [0.2, 0.25) is 0 Å². The van der Waals surface area contributed by atoms with E-state index in [1.807, 2.05) is 13.8 Å². The van der Waals surface area contributed by atoms with E-state index < -0.39 is 0 Å². The fraction of sp³-hybridized carbons (Fsp3) is 0.857. The van der Waals surface area contributed by atoms with Crippen LogP contribution in [-0.2, 0) is 0 Å². The minimum absolute atomic E-state index is 0.0326. The summed E-state index contributed by atoms with van der Waals surface area (Å²) in [4.78, 5) is 0. The summed E-state index contributed by atoms with van der Waals surface area (Å²) < 4.78 is 0. The molecule has 0 aromatic heterocycles. The molecule has 0 fully saturated rings. The number of hydrogen-bond donors (Lipinski definition) is 2. The molecule has 0 rings (SSSR count). The Kier molecular flexibility index (Phi) is 4.03. The van der Waals surface area contributed by atoms with E-state index in [0.29, 0.717) is 0 Å². The Hall–Kier alpha value is -0.570. The maximum absolute atomic E-state index is 8.85. The predicted molar refractivity (Wildman–Crippen MR) is 40.4 cm³/mol. The van der Waals surface area contributed by atoms with E-state index in [0.717, 1.165) is 12.8 Å². The van der Waals surface area contributed by atoms with Crippen LogP contribution in [0.5, 0.6) is 0 Å². The molecule has 0 aromatic rings. The van der Waals surface area contributed by atoms with Gasteiger partial charge in [-0.1, -0.05) is 20.3 Å². The van der Waals surface area contributed by atoms with E-state index in [-0.39, 0.29) is 12.0 Å². The van der Waals surface area contributed by atoms with Crippen LogP contribution in [0.1, 0.15) is 26.7 Å². The second-order valence-corrected chi connectivity index (χ2v) is 2.81. The first-order valence-corrected chi connectivity index (χ1v) is 3.48. The molecule has 10 heavy (non-hydrogen) atoms. The van der Waals surface area contributed by atoms with Crippen molar-refractivity contribution in [3.8, 4) is 0 Å². The highest BCUT2D eigenvalue weighted by Crippen LogP contribution is 2.19. The summed E-state index contributed by atoms with van der Waals surface area (Å²) in [6.07, 6.45) is 3.20. The van der Waals surface area contributed by atoms with Crippen molar-refractivity contribution in [1.29, 1.82) is 0 Å². The molecule has 2 N–H and O–H groups in total. The van der Waals surface area contributed by atoms with Gasteiger partial charge in [0, 0.05) is 5.41 Å². The van der Waals surface area contributed by atoms with Crippen LogP contribution in [0.25, 0.3) is 0 Å². The van der Waals surface area contributed by atoms with Gasteiger partial charge in [-0.05, 0) is 6.42 Å². The highest BCUT2D eigenvalue weighted by atomic mass is 16.4. The van der Waals surface area contributed by atoms with Crippen molar-refractivity contribution in [3.63, 3.8) is 0 Å². The highest BCUT2D eigenvalue weighted by molar-refractivity contribution is 5.64. The van der Waals surface area contributed by atoms with Crippen LogP contribution in [-0.4, -0.2) is 23.1 Å². The normalized spacial score (nSPS) is 17.5. The van der Waals surface area contributed by atoms with Gasteiger partial charge in [-0.2, -0.15) is 0 Å². The van der Waals surface area contributed by atoms with E-state index in [2.05, 4.69) is 5.16 Å². The van der Waals surface area contributed by atoms with E-state index >= 15 is 0 Å². The lowest BCUT2D eigenvalue weighted by molar-refractivity contribution is 0.188. The summed E-state index contributed by atoms with van der Waals surface area (Å²) in [7, 11) is 0. The lowest BCUT2D eigenvalue weighted by Gasteiger charge is -2.19. The minimum atomic E-state index is -0.344. The van der Waals surface area contributed by atoms with Crippen LogP contribution in [0, 0.1) is 5.41 Å². The van der Waals surface area contributed by atoms with Crippen molar-refractivity contribution in [1.82, 2.24) is 0 Å². The second kappa shape index (κ2) is 4.28. The lowest BCUT2D eigenvalue weighted by atomic mass is 9.88. The molecule has 0 amide bonds. The van der Waals surface area contributed by atoms with E-state index in [1.165, 1.54) is 6.21 Å². The third kappa shape index (κ3) is 2.82. The van der Waals surface area contributed by atoms with Crippen LogP contribution >= 0.6 is 0 Å². The second-order valence-electron chi connectivity index (χ2n) is 2.81. The Morgan fingerprint density at radius 1 is 1.60 bits per heavy atom. The van der Waals surface area contributed by atoms with Crippen LogP contribution < -0.4 is 0 Å². The number of nitrogens with zero attached hydrogens (tertiary/aromatic N) is 1. The van der Waals surface area contributed by atoms with Gasteiger partial charge in [0.1, 0.15) is 0 Å². The van der Waals surface area contributed by atoms with E-state index in [4.69, 9.17) is 10.3 Å². The van der Waals surface area contributed by atoms with Gasteiger partial charge in [0.25, 0.3) is 0 Å². The number of hydrogen-bond acceptors (Lipinski definition) is 3. The van der Waals surface area contributed by atoms with Crippen molar-refractivity contribution >= 4 is 6.21 Å². The Balaban J connectivity index is 3.94. The molecule has 60 valence electrons. The number of aliphatic hydroxyl groups is 1. The molecule has 1 atom stereocenters. The monoisotopic (exact) mass is 145 g/mol. The standard InChI is InChI=1S/C7H15NO2/c1-3-4-7(2,6-9)5-8-10/h5,9-10H,3-4,6H2,1-2H3. The lowest BCUT2D eigenvalue weighted by Crippen LogP contribution is -2.22. The Morgan fingerprint density at radius 2 is 2.20 bits per heavy atom. The molecule has 3 nitrogen and oxygen atoms in total. The number of oxime groups is 1. The quantitative estimate of drug-likeness (QED) is 0.355. The number of aliphatic hydroxyl groups excluding tert-OH is 1. The van der Waals surface area contributed by atoms with Crippen LogP contribution in [0.2, 0.25) is 0 Å². The third-order valence-corrected chi connectivity index (χ3v) is 1.55. The van der Waals surface area contributed by atoms with Crippen LogP contribution in [0.4, 0.5) is 0 Å². The topological polar surface area (TPSA) is 52.8 Å². The summed E-state index contributed by atoms with van der Waals surface area (Å²) in [5, 5.41) is 20.0. The van der Waals surface area contributed by atoms with Gasteiger partial charge in [-0.25, -0.2) is 0 Å². The molecule has 0 aliphatic heterocycles. The van der Waals surface area contributed by atoms with Crippen molar-refractivity contribution in [2.75, 3.05) is 6.61 Å². The zero-order valence-electron chi connectivity index (χ0n) is 6.54. The van der Waals surface area contributed by atoms with Gasteiger partial charge in [-0.3, -0.25) is 0 Å². The molecule has 1 unspecified atom stereocenters. The van der Waals surface area contributed by atoms with Crippen molar-refractivity contribution in [2.24, 2.45) is 10.6 Å². The Labute approximate surface area is 61.4 Å². The summed E-state index contributed by atoms with van der Waals surface area (Å²) in [5.74, 6) is 0. The average molecular weight is 145 g/mol. The highest BCUT2D eigenvalue weighted by Gasteiger charge is 2.19. The largest absolute Gasteiger partial charge is 0.411 e. The smallest absolute Gasteiger partial charge is 0.0535 e. The van der Waals surface area contributed by atoms with Gasteiger partial charge in [0.15, 0.2) is 0 Å². The first-order chi connectivity index (χ1) is 4.68. The maximum atomic E-state index is 8.85. The van der Waals surface area contributed by atoms with E-state index in [9.17, 15) is 0 Å². The average Bonchev–Trinajstić information content (AvgIpc) is 1.89. The van der Waals surface area contributed by atoms with Gasteiger partial charge in [-0.15, -0.1) is 5.16 Å². The van der Waals surface area contributed by atoms with E-state index in [1.54, 1.807) is 0 Å². The fourth-order valence-electron chi connectivity index (χ4n) is 0.895. The predicted octanol–water partition coefficient (Wildman–Crippen LogP) is 1.25. The molecule has 0 bridgehead atoms. The molecule has 3 heteroatoms. The van der Waals surface area contributed by atoms with Crippen LogP contribution in [0.3, 0.4) is 0 Å².